The normalized spacial score (nSPS) is 19.5. The predicted octanol–water partition coefficient (Wildman–Crippen LogP) is 1.52. The van der Waals surface area contributed by atoms with E-state index >= 15 is 0 Å². The largest absolute Gasteiger partial charge is 0.392 e. The summed E-state index contributed by atoms with van der Waals surface area (Å²) in [5.74, 6) is 0. The number of thioether (sulfide) groups is 1. The van der Waals surface area contributed by atoms with Crippen LogP contribution < -0.4 is 5.73 Å². The van der Waals surface area contributed by atoms with Crippen LogP contribution in [0, 0.1) is 0 Å². The van der Waals surface area contributed by atoms with E-state index in [4.69, 9.17) is 27.4 Å². The fourth-order valence-corrected chi connectivity index (χ4v) is 3.57. The van der Waals surface area contributed by atoms with Crippen molar-refractivity contribution in [3.05, 3.63) is 0 Å². The van der Waals surface area contributed by atoms with Gasteiger partial charge in [0.15, 0.2) is 0 Å². The fraction of sp³-hybridized carbons (Fsp3) is 0.923. The molecule has 0 spiro atoms. The summed E-state index contributed by atoms with van der Waals surface area (Å²) in [5.41, 5.74) is 5.89. The summed E-state index contributed by atoms with van der Waals surface area (Å²) >= 11 is 7.03. The van der Waals surface area contributed by atoms with Gasteiger partial charge < -0.3 is 20.1 Å². The van der Waals surface area contributed by atoms with E-state index in [1.165, 1.54) is 0 Å². The van der Waals surface area contributed by atoms with Crippen molar-refractivity contribution in [2.75, 3.05) is 52.8 Å². The second kappa shape index (κ2) is 9.13. The molecule has 0 unspecified atom stereocenters. The Morgan fingerprint density at radius 1 is 1.32 bits per heavy atom. The molecule has 1 rings (SSSR count). The maximum atomic E-state index is 5.89. The van der Waals surface area contributed by atoms with Gasteiger partial charge in [0.2, 0.25) is 0 Å². The molecule has 0 aromatic carbocycles. The highest BCUT2D eigenvalue weighted by Gasteiger charge is 2.36. The Balaban J connectivity index is 2.14. The fourth-order valence-electron chi connectivity index (χ4n) is 2.32. The number of ether oxygens (including phenoxy) is 2. The number of piperidine rings is 1. The van der Waals surface area contributed by atoms with E-state index in [0.29, 0.717) is 18.2 Å². The van der Waals surface area contributed by atoms with Crippen LogP contribution in [0.5, 0.6) is 0 Å². The first kappa shape index (κ1) is 17.2. The minimum absolute atomic E-state index is 0.0286. The van der Waals surface area contributed by atoms with Gasteiger partial charge in [0, 0.05) is 20.3 Å². The number of hydrogen-bond donors (Lipinski definition) is 1. The van der Waals surface area contributed by atoms with Crippen LogP contribution in [-0.4, -0.2) is 67.5 Å². The monoisotopic (exact) mass is 306 g/mol. The second-order valence-corrected chi connectivity index (χ2v) is 6.49. The third-order valence-corrected chi connectivity index (χ3v) is 5.63. The number of thiocarbonyl (C=S) groups is 1. The predicted molar refractivity (Wildman–Crippen MR) is 86.0 cm³/mol. The Morgan fingerprint density at radius 3 is 2.53 bits per heavy atom. The van der Waals surface area contributed by atoms with Gasteiger partial charge in [0.1, 0.15) is 0 Å². The molecule has 1 heterocycles. The Kier molecular flexibility index (Phi) is 8.25. The van der Waals surface area contributed by atoms with E-state index in [1.54, 1.807) is 7.11 Å². The number of likely N-dealkylation sites (tertiary alicyclic amines) is 1. The maximum absolute atomic E-state index is 5.89. The number of nitrogens with zero attached hydrogens (tertiary/aromatic N) is 1. The molecule has 0 aliphatic carbocycles. The first-order chi connectivity index (χ1) is 9.14. The van der Waals surface area contributed by atoms with E-state index in [2.05, 4.69) is 11.2 Å². The number of hydrogen-bond acceptors (Lipinski definition) is 5. The molecule has 6 heteroatoms. The molecule has 0 atom stereocenters. The number of methoxy groups -OCH3 is 1. The van der Waals surface area contributed by atoms with Gasteiger partial charge in [-0.3, -0.25) is 0 Å². The molecular weight excluding hydrogens is 280 g/mol. The topological polar surface area (TPSA) is 47.7 Å². The molecule has 0 radical (unpaired) electrons. The lowest BCUT2D eigenvalue weighted by molar-refractivity contribution is 0.0640. The molecule has 1 saturated heterocycles. The first-order valence-corrected chi connectivity index (χ1v) is 8.42. The smallest absolute Gasteiger partial charge is 0.0891 e. The summed E-state index contributed by atoms with van der Waals surface area (Å²) in [4.78, 5) is 3.15. The summed E-state index contributed by atoms with van der Waals surface area (Å²) in [6.07, 6.45) is 5.31. The van der Waals surface area contributed by atoms with Crippen molar-refractivity contribution in [3.8, 4) is 0 Å². The van der Waals surface area contributed by atoms with Gasteiger partial charge >= 0.3 is 0 Å². The molecule has 2 N–H and O–H groups in total. The summed E-state index contributed by atoms with van der Waals surface area (Å²) in [5, 5.41) is 0. The van der Waals surface area contributed by atoms with Crippen LogP contribution in [0.15, 0.2) is 0 Å². The summed E-state index contributed by atoms with van der Waals surface area (Å²) in [6.45, 7) is 5.42. The van der Waals surface area contributed by atoms with Crippen molar-refractivity contribution < 1.29 is 9.47 Å². The average Bonchev–Trinajstić information content (AvgIpc) is 2.43. The van der Waals surface area contributed by atoms with Crippen LogP contribution in [0.25, 0.3) is 0 Å². The zero-order valence-corrected chi connectivity index (χ0v) is 13.7. The van der Waals surface area contributed by atoms with Gasteiger partial charge in [-0.2, -0.15) is 11.8 Å². The van der Waals surface area contributed by atoms with Gasteiger partial charge in [-0.1, -0.05) is 12.2 Å². The third kappa shape index (κ3) is 5.55. The Hall–Kier alpha value is 0.120. The minimum Gasteiger partial charge on any atom is -0.392 e. The van der Waals surface area contributed by atoms with Crippen molar-refractivity contribution in [2.24, 2.45) is 5.73 Å². The molecule has 0 amide bonds. The second-order valence-electron chi connectivity index (χ2n) is 4.86. The molecule has 19 heavy (non-hydrogen) atoms. The Bertz CT molecular complexity index is 269. The van der Waals surface area contributed by atoms with E-state index in [0.717, 1.165) is 45.5 Å². The Morgan fingerprint density at radius 2 is 2.00 bits per heavy atom. The van der Waals surface area contributed by atoms with Crippen molar-refractivity contribution in [2.45, 2.75) is 24.0 Å². The molecule has 0 bridgehead atoms. The van der Waals surface area contributed by atoms with Gasteiger partial charge in [-0.25, -0.2) is 0 Å². The number of rotatable bonds is 9. The van der Waals surface area contributed by atoms with E-state index in [1.807, 2.05) is 11.8 Å². The standard InChI is InChI=1S/C13H26N2O2S2/c1-16-10-11-17-9-3-6-15-7-4-13(19-2,5-8-15)12(14)18/h3-11H2,1-2H3,(H2,14,18). The molecular formula is C13H26N2O2S2. The SMILES string of the molecule is COCCOCCCN1CCC(SC)(C(N)=S)CC1. The highest BCUT2D eigenvalue weighted by molar-refractivity contribution is 8.02. The van der Waals surface area contributed by atoms with E-state index < -0.39 is 0 Å². The zero-order valence-electron chi connectivity index (χ0n) is 12.0. The molecule has 0 saturated carbocycles. The Labute approximate surface area is 126 Å². The van der Waals surface area contributed by atoms with Crippen LogP contribution in [0.4, 0.5) is 0 Å². The highest BCUT2D eigenvalue weighted by Crippen LogP contribution is 2.34. The third-order valence-electron chi connectivity index (χ3n) is 3.70. The molecule has 1 aliphatic heterocycles. The van der Waals surface area contributed by atoms with Crippen molar-refractivity contribution in [1.29, 1.82) is 0 Å². The molecule has 112 valence electrons. The molecule has 0 aromatic heterocycles. The molecule has 1 aliphatic rings. The van der Waals surface area contributed by atoms with Crippen molar-refractivity contribution in [3.63, 3.8) is 0 Å². The number of nitrogens with two attached hydrogens (primary N) is 1. The van der Waals surface area contributed by atoms with E-state index in [9.17, 15) is 0 Å². The lowest BCUT2D eigenvalue weighted by Gasteiger charge is -2.40. The zero-order chi connectivity index (χ0) is 14.1. The van der Waals surface area contributed by atoms with Crippen LogP contribution >= 0.6 is 24.0 Å². The first-order valence-electron chi connectivity index (χ1n) is 6.79. The molecule has 4 nitrogen and oxygen atoms in total. The van der Waals surface area contributed by atoms with Gasteiger partial charge in [-0.05, 0) is 38.6 Å². The lowest BCUT2D eigenvalue weighted by Crippen LogP contribution is -2.49. The van der Waals surface area contributed by atoms with Crippen molar-refractivity contribution >= 4 is 29.0 Å². The minimum atomic E-state index is 0.0286. The summed E-state index contributed by atoms with van der Waals surface area (Å²) in [7, 11) is 1.69. The highest BCUT2D eigenvalue weighted by atomic mass is 32.2. The van der Waals surface area contributed by atoms with Gasteiger partial charge in [-0.15, -0.1) is 0 Å². The van der Waals surface area contributed by atoms with Crippen LogP contribution in [0.2, 0.25) is 0 Å². The van der Waals surface area contributed by atoms with Crippen LogP contribution in [0.1, 0.15) is 19.3 Å². The van der Waals surface area contributed by atoms with E-state index in [-0.39, 0.29) is 4.75 Å². The maximum Gasteiger partial charge on any atom is 0.0891 e. The average molecular weight is 306 g/mol. The summed E-state index contributed by atoms with van der Waals surface area (Å²) in [6, 6.07) is 0. The van der Waals surface area contributed by atoms with Crippen LogP contribution in [0.3, 0.4) is 0 Å². The van der Waals surface area contributed by atoms with Gasteiger partial charge in [0.05, 0.1) is 22.9 Å². The molecule has 0 aromatic rings. The summed E-state index contributed by atoms with van der Waals surface area (Å²) < 4.78 is 10.4. The quantitative estimate of drug-likeness (QED) is 0.515. The van der Waals surface area contributed by atoms with Crippen LogP contribution in [-0.2, 0) is 9.47 Å². The van der Waals surface area contributed by atoms with Gasteiger partial charge in [0.25, 0.3) is 0 Å². The lowest BCUT2D eigenvalue weighted by atomic mass is 9.95. The molecule has 1 fully saturated rings. The van der Waals surface area contributed by atoms with Crippen molar-refractivity contribution in [1.82, 2.24) is 4.90 Å².